The van der Waals surface area contributed by atoms with Gasteiger partial charge in [-0.1, -0.05) is 6.92 Å². The Morgan fingerprint density at radius 3 is 2.38 bits per heavy atom. The molecule has 21 heavy (non-hydrogen) atoms. The van der Waals surface area contributed by atoms with Gasteiger partial charge in [-0.15, -0.1) is 0 Å². The van der Waals surface area contributed by atoms with E-state index in [0.29, 0.717) is 15.9 Å². The van der Waals surface area contributed by atoms with Crippen molar-refractivity contribution in [1.29, 1.82) is 0 Å². The first-order valence-electron chi connectivity index (χ1n) is 6.44. The zero-order chi connectivity index (χ0) is 16.3. The van der Waals surface area contributed by atoms with Crippen LogP contribution in [0.25, 0.3) is 0 Å². The van der Waals surface area contributed by atoms with Crippen LogP contribution in [0.1, 0.15) is 30.4 Å². The lowest BCUT2D eigenvalue weighted by molar-refractivity contribution is -0.142. The maximum atomic E-state index is 12.7. The summed E-state index contributed by atoms with van der Waals surface area (Å²) in [6.45, 7) is 1.85. The van der Waals surface area contributed by atoms with Gasteiger partial charge in [-0.05, 0) is 13.8 Å². The Labute approximate surface area is 121 Å². The van der Waals surface area contributed by atoms with E-state index in [-0.39, 0.29) is 24.6 Å². The highest BCUT2D eigenvalue weighted by Crippen LogP contribution is 2.20. The number of aliphatic carboxylic acids is 1. The van der Waals surface area contributed by atoms with E-state index in [1.807, 2.05) is 0 Å². The third-order valence-electron chi connectivity index (χ3n) is 3.38. The molecule has 118 valence electrons. The van der Waals surface area contributed by atoms with Gasteiger partial charge >= 0.3 is 12.5 Å². The summed E-state index contributed by atoms with van der Waals surface area (Å²) < 4.78 is 26.0. The summed E-state index contributed by atoms with van der Waals surface area (Å²) in [4.78, 5) is 24.1. The van der Waals surface area contributed by atoms with Gasteiger partial charge < -0.3 is 10.0 Å². The van der Waals surface area contributed by atoms with Gasteiger partial charge in [0.05, 0.1) is 18.0 Å². The van der Waals surface area contributed by atoms with E-state index in [4.69, 9.17) is 5.11 Å². The minimum absolute atomic E-state index is 0.0647. The van der Waals surface area contributed by atoms with E-state index in [1.54, 1.807) is 6.92 Å². The fourth-order valence-electron chi connectivity index (χ4n) is 2.02. The van der Waals surface area contributed by atoms with Gasteiger partial charge in [-0.25, -0.2) is 4.68 Å². The van der Waals surface area contributed by atoms with Crippen molar-refractivity contribution in [2.45, 2.75) is 33.7 Å². The van der Waals surface area contributed by atoms with Gasteiger partial charge in [0.25, 0.3) is 0 Å². The molecule has 0 aliphatic rings. The molecule has 0 saturated carbocycles. The van der Waals surface area contributed by atoms with Gasteiger partial charge in [-0.3, -0.25) is 9.59 Å². The zero-order valence-electron chi connectivity index (χ0n) is 12.4. The van der Waals surface area contributed by atoms with Crippen molar-refractivity contribution in [3.8, 4) is 0 Å². The third-order valence-corrected chi connectivity index (χ3v) is 3.38. The fraction of sp³-hybridized carbons (Fsp3) is 0.615. The third kappa shape index (κ3) is 3.99. The number of nitrogens with zero attached hydrogens (tertiary/aromatic N) is 3. The Balaban J connectivity index is 2.82. The topological polar surface area (TPSA) is 75.4 Å². The van der Waals surface area contributed by atoms with Gasteiger partial charge in [0.2, 0.25) is 5.91 Å². The molecule has 1 heterocycles. The monoisotopic (exact) mass is 303 g/mol. The first-order valence-corrected chi connectivity index (χ1v) is 6.44. The Hall–Kier alpha value is -1.99. The second-order valence-corrected chi connectivity index (χ2v) is 5.06. The number of halogens is 2. The van der Waals surface area contributed by atoms with Crippen LogP contribution < -0.4 is 0 Å². The van der Waals surface area contributed by atoms with Crippen LogP contribution in [0.15, 0.2) is 0 Å². The molecule has 0 aliphatic heterocycles. The minimum Gasteiger partial charge on any atom is -0.481 e. The number of aryl methyl sites for hydroxylation is 1. The second kappa shape index (κ2) is 6.64. The summed E-state index contributed by atoms with van der Waals surface area (Å²) in [5, 5.41) is 12.5. The number of hydrogen-bond donors (Lipinski definition) is 1. The highest BCUT2D eigenvalue weighted by atomic mass is 19.3. The first kappa shape index (κ1) is 17.1. The van der Waals surface area contributed by atoms with Crippen molar-refractivity contribution >= 4 is 11.9 Å². The van der Waals surface area contributed by atoms with Gasteiger partial charge in [0.1, 0.15) is 0 Å². The van der Waals surface area contributed by atoms with Crippen LogP contribution in [0.2, 0.25) is 0 Å². The molecule has 0 saturated heterocycles. The molecule has 1 N–H and O–H groups in total. The van der Waals surface area contributed by atoms with Crippen molar-refractivity contribution < 1.29 is 23.5 Å². The number of aromatic nitrogens is 2. The van der Waals surface area contributed by atoms with E-state index in [2.05, 4.69) is 5.10 Å². The Morgan fingerprint density at radius 2 is 1.95 bits per heavy atom. The quantitative estimate of drug-likeness (QED) is 0.866. The smallest absolute Gasteiger partial charge is 0.333 e. The fourth-order valence-corrected chi connectivity index (χ4v) is 2.02. The van der Waals surface area contributed by atoms with Crippen molar-refractivity contribution in [2.75, 3.05) is 13.6 Å². The summed E-state index contributed by atoms with van der Waals surface area (Å²) in [7, 11) is 1.49. The number of carbonyl (C=O) groups is 2. The van der Waals surface area contributed by atoms with Crippen molar-refractivity contribution in [1.82, 2.24) is 14.7 Å². The highest BCUT2D eigenvalue weighted by molar-refractivity contribution is 5.80. The normalized spacial score (nSPS) is 12.5. The van der Waals surface area contributed by atoms with Crippen LogP contribution in [0.3, 0.4) is 0 Å². The summed E-state index contributed by atoms with van der Waals surface area (Å²) in [5.41, 5.74) is 1.08. The highest BCUT2D eigenvalue weighted by Gasteiger charge is 2.22. The molecule has 6 nitrogen and oxygen atoms in total. The standard InChI is InChI=1S/C13H19F2N3O3/c1-7(12(20)21)6-17(4)11(19)5-10-8(2)16-18(9(10)3)13(14)15/h7,13H,5-6H2,1-4H3,(H,20,21). The summed E-state index contributed by atoms with van der Waals surface area (Å²) in [5.74, 6) is -2.01. The van der Waals surface area contributed by atoms with Crippen molar-refractivity contribution in [3.05, 3.63) is 17.0 Å². The molecule has 1 amide bonds. The van der Waals surface area contributed by atoms with Crippen molar-refractivity contribution in [3.63, 3.8) is 0 Å². The summed E-state index contributed by atoms with van der Waals surface area (Å²) >= 11 is 0. The number of amides is 1. The van der Waals surface area contributed by atoms with E-state index >= 15 is 0 Å². The maximum Gasteiger partial charge on any atom is 0.333 e. The van der Waals surface area contributed by atoms with Crippen LogP contribution in [0.4, 0.5) is 8.78 Å². The number of carboxylic acid groups (broad SMARTS) is 1. The zero-order valence-corrected chi connectivity index (χ0v) is 12.4. The lowest BCUT2D eigenvalue weighted by Crippen LogP contribution is -2.34. The average Bonchev–Trinajstić information content (AvgIpc) is 2.66. The number of alkyl halides is 2. The molecule has 0 bridgehead atoms. The number of rotatable bonds is 6. The summed E-state index contributed by atoms with van der Waals surface area (Å²) in [6, 6.07) is 0. The molecule has 0 spiro atoms. The molecule has 1 rings (SSSR count). The molecule has 1 aromatic rings. The molecule has 0 radical (unpaired) electrons. The predicted octanol–water partition coefficient (Wildman–Crippen LogP) is 1.62. The van der Waals surface area contributed by atoms with E-state index < -0.39 is 18.4 Å². The van der Waals surface area contributed by atoms with Crippen molar-refractivity contribution in [2.24, 2.45) is 5.92 Å². The van der Waals surface area contributed by atoms with Gasteiger partial charge in [0.15, 0.2) is 0 Å². The lowest BCUT2D eigenvalue weighted by atomic mass is 10.1. The number of carbonyl (C=O) groups excluding carboxylic acids is 1. The van der Waals surface area contributed by atoms with Gasteiger partial charge in [0, 0.05) is 24.8 Å². The largest absolute Gasteiger partial charge is 0.481 e. The van der Waals surface area contributed by atoms with E-state index in [1.165, 1.54) is 25.8 Å². The molecule has 1 atom stereocenters. The average molecular weight is 303 g/mol. The molecule has 0 fully saturated rings. The van der Waals surface area contributed by atoms with Crippen LogP contribution in [0.5, 0.6) is 0 Å². The molecule has 8 heteroatoms. The van der Waals surface area contributed by atoms with E-state index in [0.717, 1.165) is 0 Å². The SMILES string of the molecule is Cc1nn(C(F)F)c(C)c1CC(=O)N(C)CC(C)C(=O)O. The molecule has 0 aliphatic carbocycles. The first-order chi connectivity index (χ1) is 9.65. The van der Waals surface area contributed by atoms with Crippen LogP contribution >= 0.6 is 0 Å². The number of hydrogen-bond acceptors (Lipinski definition) is 3. The van der Waals surface area contributed by atoms with Crippen LogP contribution in [-0.4, -0.2) is 45.3 Å². The van der Waals surface area contributed by atoms with Gasteiger partial charge in [-0.2, -0.15) is 13.9 Å². The molecular formula is C13H19F2N3O3. The lowest BCUT2D eigenvalue weighted by Gasteiger charge is -2.19. The second-order valence-electron chi connectivity index (χ2n) is 5.06. The Kier molecular flexibility index (Phi) is 5.40. The number of likely N-dealkylation sites (N-methyl/N-ethyl adjacent to an activating group) is 1. The minimum atomic E-state index is -2.75. The van der Waals surface area contributed by atoms with E-state index in [9.17, 15) is 18.4 Å². The van der Waals surface area contributed by atoms with Crippen LogP contribution in [0, 0.1) is 19.8 Å². The molecule has 0 aromatic carbocycles. The molecule has 1 aromatic heterocycles. The van der Waals surface area contributed by atoms with Crippen LogP contribution in [-0.2, 0) is 16.0 Å². The number of carboxylic acids is 1. The molecule has 1 unspecified atom stereocenters. The summed E-state index contributed by atoms with van der Waals surface area (Å²) in [6.07, 6.45) is -0.0762. The maximum absolute atomic E-state index is 12.7. The Bertz CT molecular complexity index is 543. The molecular weight excluding hydrogens is 284 g/mol. The Morgan fingerprint density at radius 1 is 1.38 bits per heavy atom. The predicted molar refractivity (Wildman–Crippen MR) is 71.1 cm³/mol.